The molecule has 0 aliphatic heterocycles. The summed E-state index contributed by atoms with van der Waals surface area (Å²) in [5.41, 5.74) is 1.47. The van der Waals surface area contributed by atoms with Crippen LogP contribution in [0.15, 0.2) is 23.0 Å². The summed E-state index contributed by atoms with van der Waals surface area (Å²) in [5, 5.41) is 10.3. The van der Waals surface area contributed by atoms with E-state index in [1.54, 1.807) is 12.1 Å². The summed E-state index contributed by atoms with van der Waals surface area (Å²) in [6.45, 7) is 1.82. The van der Waals surface area contributed by atoms with E-state index in [2.05, 4.69) is 9.97 Å². The van der Waals surface area contributed by atoms with Crippen molar-refractivity contribution in [2.75, 3.05) is 0 Å². The van der Waals surface area contributed by atoms with Gasteiger partial charge in [0.25, 0.3) is 5.56 Å². The number of aliphatic carboxylic acids is 1. The van der Waals surface area contributed by atoms with Crippen molar-refractivity contribution in [3.05, 3.63) is 60.4 Å². The van der Waals surface area contributed by atoms with E-state index in [0.717, 1.165) is 16.0 Å². The Kier molecular flexibility index (Phi) is 5.13. The third kappa shape index (κ3) is 3.86. The van der Waals surface area contributed by atoms with E-state index in [1.165, 1.54) is 11.3 Å². The van der Waals surface area contributed by atoms with Crippen LogP contribution in [0.5, 0.6) is 0 Å². The summed E-state index contributed by atoms with van der Waals surface area (Å²) >= 11 is 13.3. The van der Waals surface area contributed by atoms with Crippen LogP contribution in [-0.4, -0.2) is 21.0 Å². The number of hydrogen-bond acceptors (Lipinski definition) is 4. The van der Waals surface area contributed by atoms with Crippen molar-refractivity contribution >= 4 is 50.7 Å². The fourth-order valence-electron chi connectivity index (χ4n) is 2.62. The monoisotopic (exact) mass is 396 g/mol. The summed E-state index contributed by atoms with van der Waals surface area (Å²) < 4.78 is 0. The lowest BCUT2D eigenvalue weighted by Gasteiger charge is -2.03. The van der Waals surface area contributed by atoms with E-state index in [-0.39, 0.29) is 12.0 Å². The zero-order chi connectivity index (χ0) is 18.1. The van der Waals surface area contributed by atoms with Gasteiger partial charge in [-0.3, -0.25) is 9.59 Å². The first-order valence-corrected chi connectivity index (χ1v) is 9.09. The molecule has 5 nitrogen and oxygen atoms in total. The van der Waals surface area contributed by atoms with Gasteiger partial charge < -0.3 is 10.1 Å². The minimum absolute atomic E-state index is 0.0295. The Morgan fingerprint density at radius 2 is 2.08 bits per heavy atom. The lowest BCUT2D eigenvalue weighted by Crippen LogP contribution is -2.12. The molecule has 0 radical (unpaired) electrons. The SMILES string of the molecule is Cc1c(CCC(=O)O)sc2nc(Cc3ccc(Cl)c(Cl)c3)[nH]c(=O)c12. The largest absolute Gasteiger partial charge is 0.481 e. The van der Waals surface area contributed by atoms with E-state index in [9.17, 15) is 9.59 Å². The van der Waals surface area contributed by atoms with Gasteiger partial charge in [0.05, 0.1) is 21.9 Å². The van der Waals surface area contributed by atoms with E-state index in [0.29, 0.717) is 38.9 Å². The number of nitrogens with zero attached hydrogens (tertiary/aromatic N) is 1. The van der Waals surface area contributed by atoms with Crippen molar-refractivity contribution in [2.45, 2.75) is 26.2 Å². The second-order valence-corrected chi connectivity index (χ2v) is 7.56. The number of H-pyrrole nitrogens is 1. The smallest absolute Gasteiger partial charge is 0.303 e. The van der Waals surface area contributed by atoms with Gasteiger partial charge in [-0.25, -0.2) is 4.98 Å². The van der Waals surface area contributed by atoms with Gasteiger partial charge >= 0.3 is 5.97 Å². The van der Waals surface area contributed by atoms with Crippen LogP contribution in [-0.2, 0) is 17.6 Å². The molecule has 0 aliphatic carbocycles. The molecule has 2 N–H and O–H groups in total. The molecule has 0 fully saturated rings. The Morgan fingerprint density at radius 3 is 2.76 bits per heavy atom. The van der Waals surface area contributed by atoms with E-state index >= 15 is 0 Å². The first-order chi connectivity index (χ1) is 11.8. The van der Waals surface area contributed by atoms with Gasteiger partial charge in [0, 0.05) is 11.3 Å². The number of carboxylic acid groups (broad SMARTS) is 1. The Morgan fingerprint density at radius 1 is 1.32 bits per heavy atom. The average Bonchev–Trinajstić information content (AvgIpc) is 2.85. The number of thiophene rings is 1. The number of nitrogens with one attached hydrogen (secondary N) is 1. The molecule has 2 heterocycles. The highest BCUT2D eigenvalue weighted by molar-refractivity contribution is 7.18. The summed E-state index contributed by atoms with van der Waals surface area (Å²) in [6.07, 6.45) is 0.842. The average molecular weight is 397 g/mol. The molecule has 0 bridgehead atoms. The zero-order valence-corrected chi connectivity index (χ0v) is 15.6. The third-order valence-corrected chi connectivity index (χ3v) is 5.85. The van der Waals surface area contributed by atoms with Gasteiger partial charge in [0.1, 0.15) is 10.7 Å². The zero-order valence-electron chi connectivity index (χ0n) is 13.2. The van der Waals surface area contributed by atoms with E-state index < -0.39 is 5.97 Å². The van der Waals surface area contributed by atoms with Crippen LogP contribution in [0, 0.1) is 6.92 Å². The number of aromatic nitrogens is 2. The van der Waals surface area contributed by atoms with Crippen LogP contribution in [0.4, 0.5) is 0 Å². The number of rotatable bonds is 5. The first kappa shape index (κ1) is 17.9. The van der Waals surface area contributed by atoms with Crippen molar-refractivity contribution in [3.63, 3.8) is 0 Å². The standard InChI is InChI=1S/C17H14Cl2N2O3S/c1-8-12(4-5-14(22)23)25-17-15(8)16(24)20-13(21-17)7-9-2-3-10(18)11(19)6-9/h2-3,6H,4-5,7H2,1H3,(H,22,23)(H,20,21,24). The molecule has 0 atom stereocenters. The molecule has 0 saturated carbocycles. The third-order valence-electron chi connectivity index (χ3n) is 3.87. The van der Waals surface area contributed by atoms with Gasteiger partial charge in [-0.05, 0) is 36.6 Å². The van der Waals surface area contributed by atoms with Crippen molar-refractivity contribution in [1.82, 2.24) is 9.97 Å². The number of aromatic amines is 1. The number of aryl methyl sites for hydroxylation is 2. The topological polar surface area (TPSA) is 83.0 Å². The highest BCUT2D eigenvalue weighted by Crippen LogP contribution is 2.28. The fraction of sp³-hybridized carbons (Fsp3) is 0.235. The maximum atomic E-state index is 12.4. The van der Waals surface area contributed by atoms with E-state index in [1.807, 2.05) is 13.0 Å². The summed E-state index contributed by atoms with van der Waals surface area (Å²) in [4.78, 5) is 32.0. The molecule has 0 unspecified atom stereocenters. The number of halogens is 2. The summed E-state index contributed by atoms with van der Waals surface area (Å²) in [7, 11) is 0. The lowest BCUT2D eigenvalue weighted by atomic mass is 10.1. The van der Waals surface area contributed by atoms with Gasteiger partial charge in [0.15, 0.2) is 0 Å². The minimum Gasteiger partial charge on any atom is -0.481 e. The second-order valence-electron chi connectivity index (χ2n) is 5.66. The maximum Gasteiger partial charge on any atom is 0.303 e. The highest BCUT2D eigenvalue weighted by Gasteiger charge is 2.15. The molecule has 0 spiro atoms. The maximum absolute atomic E-state index is 12.4. The molecule has 0 aliphatic rings. The molecule has 2 aromatic heterocycles. The van der Waals surface area contributed by atoms with Crippen LogP contribution < -0.4 is 5.56 Å². The van der Waals surface area contributed by atoms with Gasteiger partial charge in [0.2, 0.25) is 0 Å². The summed E-state index contributed by atoms with van der Waals surface area (Å²) in [6, 6.07) is 5.28. The molecule has 130 valence electrons. The van der Waals surface area contributed by atoms with Crippen LogP contribution >= 0.6 is 34.5 Å². The Hall–Kier alpha value is -1.89. The van der Waals surface area contributed by atoms with Gasteiger partial charge in [-0.1, -0.05) is 29.3 Å². The molecule has 25 heavy (non-hydrogen) atoms. The van der Waals surface area contributed by atoms with Crippen LogP contribution in [0.3, 0.4) is 0 Å². The first-order valence-electron chi connectivity index (χ1n) is 7.52. The highest BCUT2D eigenvalue weighted by atomic mass is 35.5. The van der Waals surface area contributed by atoms with Crippen molar-refractivity contribution in [2.24, 2.45) is 0 Å². The number of carboxylic acids is 1. The van der Waals surface area contributed by atoms with Crippen LogP contribution in [0.25, 0.3) is 10.2 Å². The number of carbonyl (C=O) groups is 1. The quantitative estimate of drug-likeness (QED) is 0.676. The Balaban J connectivity index is 1.96. The fourth-order valence-corrected chi connectivity index (χ4v) is 4.14. The molecule has 3 rings (SSSR count). The van der Waals surface area contributed by atoms with Crippen molar-refractivity contribution in [1.29, 1.82) is 0 Å². The minimum atomic E-state index is -0.862. The van der Waals surface area contributed by atoms with E-state index in [4.69, 9.17) is 28.3 Å². The van der Waals surface area contributed by atoms with Crippen molar-refractivity contribution in [3.8, 4) is 0 Å². The molecular weight excluding hydrogens is 383 g/mol. The summed E-state index contributed by atoms with van der Waals surface area (Å²) in [5.74, 6) is -0.332. The van der Waals surface area contributed by atoms with Gasteiger partial charge in [-0.2, -0.15) is 0 Å². The molecule has 1 aromatic carbocycles. The normalized spacial score (nSPS) is 11.2. The molecule has 0 amide bonds. The number of benzene rings is 1. The second kappa shape index (κ2) is 7.15. The molecule has 0 saturated heterocycles. The number of hydrogen-bond donors (Lipinski definition) is 2. The predicted octanol–water partition coefficient (Wildman–Crippen LogP) is 4.21. The predicted molar refractivity (Wildman–Crippen MR) is 100 cm³/mol. The van der Waals surface area contributed by atoms with Crippen molar-refractivity contribution < 1.29 is 9.90 Å². The van der Waals surface area contributed by atoms with Gasteiger partial charge in [-0.15, -0.1) is 11.3 Å². The molecular formula is C17H14Cl2N2O3S. The Bertz CT molecular complexity index is 1030. The molecule has 8 heteroatoms. The molecule has 3 aromatic rings. The lowest BCUT2D eigenvalue weighted by molar-refractivity contribution is -0.136. The van der Waals surface area contributed by atoms with Crippen LogP contribution in [0.1, 0.15) is 28.2 Å². The number of fused-ring (bicyclic) bond motifs is 1. The van der Waals surface area contributed by atoms with Crippen LogP contribution in [0.2, 0.25) is 10.0 Å². The Labute approximate surface area is 157 Å².